The molecule has 1 heterocycles. The molecule has 30 heavy (non-hydrogen) atoms. The van der Waals surface area contributed by atoms with Gasteiger partial charge in [0.2, 0.25) is 17.7 Å². The van der Waals surface area contributed by atoms with Gasteiger partial charge >= 0.3 is 12.0 Å². The zero-order valence-electron chi connectivity index (χ0n) is 16.9. The van der Waals surface area contributed by atoms with Gasteiger partial charge in [0.15, 0.2) is 6.04 Å². The molecule has 0 radical (unpaired) electrons. The summed E-state index contributed by atoms with van der Waals surface area (Å²) in [6.45, 7) is 1.22. The van der Waals surface area contributed by atoms with Crippen LogP contribution in [0.2, 0.25) is 0 Å². The van der Waals surface area contributed by atoms with Crippen molar-refractivity contribution in [3.05, 3.63) is 11.8 Å². The van der Waals surface area contributed by atoms with E-state index in [1.165, 1.54) is 26.2 Å². The Hall–Kier alpha value is -2.73. The number of carboxylic acids is 1. The van der Waals surface area contributed by atoms with Crippen molar-refractivity contribution in [2.75, 3.05) is 0 Å². The zero-order valence-corrected chi connectivity index (χ0v) is 16.9. The molecule has 1 aliphatic rings. The molecule has 0 bridgehead atoms. The topological polar surface area (TPSA) is 207 Å². The third-order valence-electron chi connectivity index (χ3n) is 5.13. The minimum atomic E-state index is -1.54. The number of primary amides is 1. The molecule has 1 aromatic heterocycles. The van der Waals surface area contributed by atoms with Crippen molar-refractivity contribution in [3.63, 3.8) is 0 Å². The standard InChI is InChI=1S/C18H30N6O6/c1-9(25)14(17(27)28)22-18(29)21-12(8-13(20)26)16-24-23-15(30-16)11(19)7-10-5-3-2-4-6-10/h9-12,14,25H,2-8,19H2,1H3,(H2,20,26)(H,27,28)(H2,21,22,29)/t9?,11-,12-,14?/m0/s1. The van der Waals surface area contributed by atoms with Gasteiger partial charge in [-0.2, -0.15) is 0 Å². The van der Waals surface area contributed by atoms with Crippen molar-refractivity contribution >= 4 is 17.9 Å². The quantitative estimate of drug-likeness (QED) is 0.299. The molecule has 1 aromatic rings. The number of nitrogens with zero attached hydrogens (tertiary/aromatic N) is 2. The number of aliphatic hydroxyl groups excluding tert-OH is 1. The van der Waals surface area contributed by atoms with Crippen LogP contribution in [0.25, 0.3) is 0 Å². The van der Waals surface area contributed by atoms with Crippen molar-refractivity contribution in [2.24, 2.45) is 17.4 Å². The van der Waals surface area contributed by atoms with E-state index in [0.717, 1.165) is 12.8 Å². The maximum absolute atomic E-state index is 12.2. The van der Waals surface area contributed by atoms with Gasteiger partial charge < -0.3 is 36.7 Å². The van der Waals surface area contributed by atoms with E-state index in [1.807, 2.05) is 0 Å². The fourth-order valence-corrected chi connectivity index (χ4v) is 3.55. The molecule has 0 aliphatic heterocycles. The minimum absolute atomic E-state index is 0.0676. The smallest absolute Gasteiger partial charge is 0.328 e. The molecule has 12 heteroatoms. The molecule has 0 saturated heterocycles. The summed E-state index contributed by atoms with van der Waals surface area (Å²) in [6.07, 6.45) is 4.81. The average Bonchev–Trinajstić information content (AvgIpc) is 3.16. The number of aromatic nitrogens is 2. The van der Waals surface area contributed by atoms with Crippen LogP contribution in [0.3, 0.4) is 0 Å². The van der Waals surface area contributed by atoms with Crippen molar-refractivity contribution < 1.29 is 29.0 Å². The number of nitrogens with two attached hydrogens (primary N) is 2. The number of hydrogen-bond acceptors (Lipinski definition) is 8. The van der Waals surface area contributed by atoms with Crippen LogP contribution in [0.1, 0.15) is 75.7 Å². The zero-order chi connectivity index (χ0) is 22.3. The van der Waals surface area contributed by atoms with Crippen LogP contribution in [-0.4, -0.2) is 50.5 Å². The van der Waals surface area contributed by atoms with E-state index in [9.17, 15) is 19.5 Å². The summed E-state index contributed by atoms with van der Waals surface area (Å²) in [5.41, 5.74) is 11.4. The summed E-state index contributed by atoms with van der Waals surface area (Å²) in [6, 6.07) is -4.03. The maximum atomic E-state index is 12.2. The number of carboxylic acid groups (broad SMARTS) is 1. The van der Waals surface area contributed by atoms with Crippen LogP contribution < -0.4 is 22.1 Å². The van der Waals surface area contributed by atoms with Gasteiger partial charge in [-0.3, -0.25) is 4.79 Å². The molecule has 2 rings (SSSR count). The van der Waals surface area contributed by atoms with Gasteiger partial charge in [-0.25, -0.2) is 9.59 Å². The molecule has 168 valence electrons. The Morgan fingerprint density at radius 2 is 1.80 bits per heavy atom. The lowest BCUT2D eigenvalue weighted by atomic mass is 9.85. The highest BCUT2D eigenvalue weighted by Crippen LogP contribution is 2.31. The van der Waals surface area contributed by atoms with E-state index in [-0.39, 0.29) is 18.2 Å². The van der Waals surface area contributed by atoms with Gasteiger partial charge in [0.25, 0.3) is 0 Å². The van der Waals surface area contributed by atoms with E-state index < -0.39 is 42.1 Å². The second-order valence-corrected chi connectivity index (χ2v) is 7.72. The summed E-state index contributed by atoms with van der Waals surface area (Å²) < 4.78 is 5.59. The first-order chi connectivity index (χ1) is 14.2. The van der Waals surface area contributed by atoms with Crippen LogP contribution in [-0.2, 0) is 9.59 Å². The van der Waals surface area contributed by atoms with Gasteiger partial charge in [-0.05, 0) is 19.3 Å². The summed E-state index contributed by atoms with van der Waals surface area (Å²) in [4.78, 5) is 34.7. The molecule has 1 saturated carbocycles. The van der Waals surface area contributed by atoms with Crippen LogP contribution in [0.15, 0.2) is 4.42 Å². The van der Waals surface area contributed by atoms with Crippen LogP contribution in [0, 0.1) is 5.92 Å². The first kappa shape index (κ1) is 23.5. The third kappa shape index (κ3) is 6.95. The summed E-state index contributed by atoms with van der Waals surface area (Å²) >= 11 is 0. The van der Waals surface area contributed by atoms with Gasteiger partial charge in [0.05, 0.1) is 18.6 Å². The van der Waals surface area contributed by atoms with E-state index >= 15 is 0 Å². The lowest BCUT2D eigenvalue weighted by Gasteiger charge is -2.23. The monoisotopic (exact) mass is 426 g/mol. The first-order valence-corrected chi connectivity index (χ1v) is 10.0. The van der Waals surface area contributed by atoms with Gasteiger partial charge in [-0.15, -0.1) is 10.2 Å². The predicted octanol–water partition coefficient (Wildman–Crippen LogP) is 0.0895. The van der Waals surface area contributed by atoms with Gasteiger partial charge in [-0.1, -0.05) is 32.1 Å². The summed E-state index contributed by atoms with van der Waals surface area (Å²) in [7, 11) is 0. The summed E-state index contributed by atoms with van der Waals surface area (Å²) in [5, 5.41) is 30.8. The molecule has 1 aliphatic carbocycles. The SMILES string of the molecule is CC(O)C(NC(=O)N[C@@H](CC(N)=O)c1nnc([C@@H](N)CC2CCCCC2)o1)C(=O)O. The van der Waals surface area contributed by atoms with Crippen LogP contribution >= 0.6 is 0 Å². The van der Waals surface area contributed by atoms with Crippen molar-refractivity contribution in [1.29, 1.82) is 0 Å². The number of amides is 3. The number of aliphatic carboxylic acids is 1. The Kier molecular flexibility index (Phi) is 8.54. The van der Waals surface area contributed by atoms with E-state index in [4.69, 9.17) is 21.0 Å². The fourth-order valence-electron chi connectivity index (χ4n) is 3.55. The maximum Gasteiger partial charge on any atom is 0.328 e. The van der Waals surface area contributed by atoms with Crippen molar-refractivity contribution in [2.45, 2.75) is 76.1 Å². The number of hydrogen-bond donors (Lipinski definition) is 6. The number of carbonyl (C=O) groups excluding carboxylic acids is 2. The highest BCUT2D eigenvalue weighted by atomic mass is 16.4. The van der Waals surface area contributed by atoms with Crippen LogP contribution in [0.4, 0.5) is 4.79 Å². The molecular formula is C18H30N6O6. The lowest BCUT2D eigenvalue weighted by molar-refractivity contribution is -0.141. The van der Waals surface area contributed by atoms with Gasteiger partial charge in [0.1, 0.15) is 6.04 Å². The normalized spacial score (nSPS) is 18.8. The Morgan fingerprint density at radius 3 is 2.37 bits per heavy atom. The van der Waals surface area contributed by atoms with Crippen LogP contribution in [0.5, 0.6) is 0 Å². The van der Waals surface area contributed by atoms with E-state index in [0.29, 0.717) is 12.3 Å². The number of aliphatic hydroxyl groups is 1. The number of nitrogens with one attached hydrogen (secondary N) is 2. The third-order valence-corrected chi connectivity index (χ3v) is 5.13. The fraction of sp³-hybridized carbons (Fsp3) is 0.722. The Morgan fingerprint density at radius 1 is 1.17 bits per heavy atom. The molecule has 0 aromatic carbocycles. The first-order valence-electron chi connectivity index (χ1n) is 10.0. The lowest BCUT2D eigenvalue weighted by Crippen LogP contribution is -2.52. The molecule has 1 fully saturated rings. The Balaban J connectivity index is 2.04. The van der Waals surface area contributed by atoms with E-state index in [2.05, 4.69) is 20.8 Å². The van der Waals surface area contributed by atoms with E-state index in [1.54, 1.807) is 0 Å². The Bertz CT molecular complexity index is 733. The van der Waals surface area contributed by atoms with Crippen molar-refractivity contribution in [3.8, 4) is 0 Å². The molecular weight excluding hydrogens is 396 g/mol. The molecule has 12 nitrogen and oxygen atoms in total. The number of rotatable bonds is 10. The average molecular weight is 426 g/mol. The Labute approximate surface area is 173 Å². The second-order valence-electron chi connectivity index (χ2n) is 7.72. The molecule has 8 N–H and O–H groups in total. The highest BCUT2D eigenvalue weighted by Gasteiger charge is 2.29. The minimum Gasteiger partial charge on any atom is -0.480 e. The predicted molar refractivity (Wildman–Crippen MR) is 104 cm³/mol. The second kappa shape index (κ2) is 10.9. The molecule has 3 amide bonds. The number of carbonyl (C=O) groups is 3. The molecule has 4 atom stereocenters. The van der Waals surface area contributed by atoms with Crippen molar-refractivity contribution in [1.82, 2.24) is 20.8 Å². The largest absolute Gasteiger partial charge is 0.480 e. The van der Waals surface area contributed by atoms with Gasteiger partial charge in [0, 0.05) is 0 Å². The number of urea groups is 1. The highest BCUT2D eigenvalue weighted by molar-refractivity contribution is 5.83. The summed E-state index contributed by atoms with van der Waals surface area (Å²) in [5.74, 6) is -1.54. The molecule has 0 spiro atoms. The molecule has 2 unspecified atom stereocenters.